The van der Waals surface area contributed by atoms with Crippen LogP contribution in [0.1, 0.15) is 94.9 Å². The zero-order valence-electron chi connectivity index (χ0n) is 44.9. The SMILES string of the molecule is [C-]#[N+]c1cc(Cl)cc(C(C)(C)c2ccc(OCc3ccnc(N4CCN(CC5CCN(CCOCC(=O)N[C@H](C(=O)N6C[C@H](O)C[C@H]6C(=O)N[C@@H](C)c6ccc(-c7scnc7C)cc6)C(C)(C)C)CC5)CC4)n3)cc2)c1. The van der Waals surface area contributed by atoms with Crippen molar-refractivity contribution in [2.45, 2.75) is 104 Å². The fraction of sp³-hybridized carbons (Fsp3) is 0.500. The van der Waals surface area contributed by atoms with Gasteiger partial charge in [-0.15, -0.1) is 11.3 Å². The third-order valence-corrected chi connectivity index (χ3v) is 16.3. The molecule has 76 heavy (non-hydrogen) atoms. The molecule has 3 saturated heterocycles. The maximum Gasteiger partial charge on any atom is 0.246 e. The number of likely N-dealkylation sites (tertiary alicyclic amines) is 2. The van der Waals surface area contributed by atoms with Gasteiger partial charge >= 0.3 is 0 Å². The molecule has 5 aromatic rings. The van der Waals surface area contributed by atoms with E-state index in [4.69, 9.17) is 32.6 Å². The van der Waals surface area contributed by atoms with Gasteiger partial charge in [0.1, 0.15) is 31.0 Å². The van der Waals surface area contributed by atoms with Crippen LogP contribution in [0.25, 0.3) is 15.3 Å². The number of thiazole rings is 1. The number of aromatic nitrogens is 3. The fourth-order valence-electron chi connectivity index (χ4n) is 10.4. The number of aryl methyl sites for hydroxylation is 1. The first-order valence-corrected chi connectivity index (χ1v) is 27.7. The van der Waals surface area contributed by atoms with Crippen molar-refractivity contribution in [2.75, 3.05) is 77.0 Å². The van der Waals surface area contributed by atoms with Gasteiger partial charge in [-0.3, -0.25) is 19.3 Å². The number of aliphatic hydroxyl groups excluding tert-OH is 1. The lowest BCUT2D eigenvalue weighted by Crippen LogP contribution is -2.58. The first kappa shape index (κ1) is 56.2. The second-order valence-corrected chi connectivity index (χ2v) is 23.4. The molecule has 18 heteroatoms. The number of hydrogen-bond acceptors (Lipinski definition) is 13. The van der Waals surface area contributed by atoms with E-state index in [1.54, 1.807) is 23.6 Å². The Kier molecular flexibility index (Phi) is 18.5. The average molecular weight is 1070 g/mol. The van der Waals surface area contributed by atoms with Crippen LogP contribution in [0.4, 0.5) is 11.6 Å². The van der Waals surface area contributed by atoms with Crippen LogP contribution in [0.15, 0.2) is 84.5 Å². The van der Waals surface area contributed by atoms with Crippen LogP contribution in [0.5, 0.6) is 5.75 Å². The Morgan fingerprint density at radius 2 is 1.63 bits per heavy atom. The summed E-state index contributed by atoms with van der Waals surface area (Å²) < 4.78 is 12.0. The number of halogens is 1. The number of amides is 3. The van der Waals surface area contributed by atoms with Crippen LogP contribution in [0.2, 0.25) is 5.02 Å². The van der Waals surface area contributed by atoms with Crippen LogP contribution in [0.3, 0.4) is 0 Å². The van der Waals surface area contributed by atoms with Crippen LogP contribution in [-0.2, 0) is 31.1 Å². The van der Waals surface area contributed by atoms with Crippen molar-refractivity contribution in [1.82, 2.24) is 40.3 Å². The molecule has 3 aliphatic heterocycles. The van der Waals surface area contributed by atoms with Gasteiger partial charge < -0.3 is 39.9 Å². The standard InChI is InChI=1S/C58H73ClN10O6S/c1-38(41-9-11-42(12-10-41)52-39(2)62-37-76-52)63-54(72)50-32-48(70)34-69(50)55(73)53(57(3,4)5)65-51(71)36-74-28-27-66-21-18-40(19-22-66)33-67-23-25-68(26-24-67)56-61-20-17-46(64-56)35-75-49-15-13-43(14-16-49)58(6,7)44-29-45(59)31-47(30-44)60-8/h9-17,20,29-31,37-38,40,48,50,53,70H,18-19,21-28,32-36H2,1-7H3,(H,63,72)(H,65,71)/t38-,48+,50-,53+/m0/s1. The lowest BCUT2D eigenvalue weighted by molar-refractivity contribution is -0.144. The molecule has 16 nitrogen and oxygen atoms in total. The Morgan fingerprint density at radius 3 is 2.30 bits per heavy atom. The van der Waals surface area contributed by atoms with E-state index in [-0.39, 0.29) is 36.9 Å². The van der Waals surface area contributed by atoms with Gasteiger partial charge in [-0.25, -0.2) is 19.8 Å². The first-order chi connectivity index (χ1) is 36.3. The molecule has 3 amide bonds. The first-order valence-electron chi connectivity index (χ1n) is 26.4. The summed E-state index contributed by atoms with van der Waals surface area (Å²) in [6.07, 6.45) is 3.24. The molecule has 0 bridgehead atoms. The number of carbonyl (C=O) groups excluding carboxylic acids is 3. The summed E-state index contributed by atoms with van der Waals surface area (Å²) in [6.45, 7) is 29.0. The fourth-order valence-corrected chi connectivity index (χ4v) is 11.4. The molecule has 8 rings (SSSR count). The van der Waals surface area contributed by atoms with Crippen molar-refractivity contribution >= 4 is 52.3 Å². The molecule has 4 atom stereocenters. The number of β-amino-alcohol motifs (C(OH)–C–C–N with tert-alkyl or cyclic N) is 1. The summed E-state index contributed by atoms with van der Waals surface area (Å²) >= 11 is 7.91. The number of carbonyl (C=O) groups is 3. The van der Waals surface area contributed by atoms with Gasteiger partial charge in [-0.1, -0.05) is 88.7 Å². The van der Waals surface area contributed by atoms with Gasteiger partial charge in [0, 0.05) is 68.9 Å². The molecule has 3 fully saturated rings. The number of benzene rings is 3. The number of aliphatic hydroxyl groups is 1. The number of ether oxygens (including phenoxy) is 2. The Bertz CT molecular complexity index is 2820. The van der Waals surface area contributed by atoms with Crippen LogP contribution in [0, 0.1) is 24.8 Å². The lowest BCUT2D eigenvalue weighted by atomic mass is 9.78. The van der Waals surface area contributed by atoms with Crippen LogP contribution < -0.4 is 20.3 Å². The molecule has 404 valence electrons. The minimum absolute atomic E-state index is 0.00228. The van der Waals surface area contributed by atoms with Gasteiger partial charge in [0.05, 0.1) is 47.1 Å². The molecule has 3 N–H and O–H groups in total. The van der Waals surface area contributed by atoms with E-state index in [9.17, 15) is 19.5 Å². The molecular formula is C58H73ClN10O6S. The number of nitrogens with one attached hydrogen (secondary N) is 2. The summed E-state index contributed by atoms with van der Waals surface area (Å²) in [5.41, 5.74) is 7.14. The van der Waals surface area contributed by atoms with E-state index in [0.29, 0.717) is 36.4 Å². The highest BCUT2D eigenvalue weighted by atomic mass is 35.5. The highest BCUT2D eigenvalue weighted by Gasteiger charge is 2.45. The predicted octanol–water partition coefficient (Wildman–Crippen LogP) is 8.24. The molecule has 0 radical (unpaired) electrons. The van der Waals surface area contributed by atoms with Crippen molar-refractivity contribution < 1.29 is 29.0 Å². The van der Waals surface area contributed by atoms with Crippen molar-refractivity contribution in [3.05, 3.63) is 129 Å². The quantitative estimate of drug-likeness (QED) is 0.0536. The smallest absolute Gasteiger partial charge is 0.246 e. The number of piperazine rings is 1. The van der Waals surface area contributed by atoms with Crippen LogP contribution >= 0.6 is 22.9 Å². The van der Waals surface area contributed by atoms with E-state index in [1.165, 1.54) is 4.90 Å². The lowest BCUT2D eigenvalue weighted by Gasteiger charge is -2.39. The minimum atomic E-state index is -0.934. The molecule has 0 spiro atoms. The van der Waals surface area contributed by atoms with Gasteiger partial charge in [-0.2, -0.15) is 0 Å². The van der Waals surface area contributed by atoms with E-state index >= 15 is 0 Å². The molecular weight excluding hydrogens is 1000 g/mol. The monoisotopic (exact) mass is 1070 g/mol. The van der Waals surface area contributed by atoms with E-state index in [2.05, 4.69) is 66.1 Å². The van der Waals surface area contributed by atoms with Crippen LogP contribution in [-0.4, -0.2) is 143 Å². The molecule has 3 aliphatic rings. The predicted molar refractivity (Wildman–Crippen MR) is 298 cm³/mol. The number of anilines is 1. The summed E-state index contributed by atoms with van der Waals surface area (Å²) in [6, 6.07) is 21.3. The number of hydrogen-bond donors (Lipinski definition) is 3. The summed E-state index contributed by atoms with van der Waals surface area (Å²) in [7, 11) is 0. The third-order valence-electron chi connectivity index (χ3n) is 15.1. The van der Waals surface area contributed by atoms with Crippen molar-refractivity contribution in [3.63, 3.8) is 0 Å². The molecule has 0 aliphatic carbocycles. The third kappa shape index (κ3) is 14.3. The summed E-state index contributed by atoms with van der Waals surface area (Å²) in [4.78, 5) is 68.3. The minimum Gasteiger partial charge on any atom is -0.487 e. The summed E-state index contributed by atoms with van der Waals surface area (Å²) in [5, 5.41) is 17.2. The Labute approximate surface area is 457 Å². The second kappa shape index (κ2) is 25.0. The molecule has 5 heterocycles. The Hall–Kier alpha value is -6.00. The van der Waals surface area contributed by atoms with Gasteiger partial charge in [0.2, 0.25) is 23.7 Å². The maximum atomic E-state index is 14.2. The number of rotatable bonds is 19. The molecule has 3 aromatic carbocycles. The van der Waals surface area contributed by atoms with Crippen molar-refractivity contribution in [2.24, 2.45) is 11.3 Å². The highest BCUT2D eigenvalue weighted by Crippen LogP contribution is 2.37. The normalized spacial score (nSPS) is 18.7. The van der Waals surface area contributed by atoms with E-state index < -0.39 is 35.4 Å². The van der Waals surface area contributed by atoms with Gasteiger partial charge in [0.25, 0.3) is 0 Å². The largest absolute Gasteiger partial charge is 0.487 e. The molecule has 0 unspecified atom stereocenters. The van der Waals surface area contributed by atoms with E-state index in [1.807, 2.05) is 94.7 Å². The Morgan fingerprint density at radius 1 is 0.908 bits per heavy atom. The van der Waals surface area contributed by atoms with Crippen molar-refractivity contribution in [1.29, 1.82) is 0 Å². The maximum absolute atomic E-state index is 14.2. The second-order valence-electron chi connectivity index (χ2n) is 22.1. The topological polar surface area (TPSA) is 170 Å². The number of nitrogens with zero attached hydrogens (tertiary/aromatic N) is 8. The molecule has 2 aromatic heterocycles. The van der Waals surface area contributed by atoms with Crippen molar-refractivity contribution in [3.8, 4) is 16.2 Å². The highest BCUT2D eigenvalue weighted by molar-refractivity contribution is 7.13. The van der Waals surface area contributed by atoms with E-state index in [0.717, 1.165) is 109 Å². The molecule has 0 saturated carbocycles. The zero-order chi connectivity index (χ0) is 54.1. The Balaban J connectivity index is 0.718. The average Bonchev–Trinajstić information content (AvgIpc) is 4.03. The van der Waals surface area contributed by atoms with Gasteiger partial charge in [0.15, 0.2) is 5.69 Å². The zero-order valence-corrected chi connectivity index (χ0v) is 46.5. The summed E-state index contributed by atoms with van der Waals surface area (Å²) in [5.74, 6) is 0.910. The number of piperidine rings is 1. The van der Waals surface area contributed by atoms with Gasteiger partial charge in [-0.05, 0) is 104 Å².